The third-order valence-corrected chi connectivity index (χ3v) is 5.09. The molecule has 3 heterocycles. The lowest BCUT2D eigenvalue weighted by Crippen LogP contribution is -2.41. The summed E-state index contributed by atoms with van der Waals surface area (Å²) in [7, 11) is 0. The average Bonchev–Trinajstić information content (AvgIpc) is 3.17. The fraction of sp³-hybridized carbons (Fsp3) is 0.500. The molecule has 1 fully saturated rings. The Labute approximate surface area is 134 Å². The number of aryl methyl sites for hydroxylation is 1. The summed E-state index contributed by atoms with van der Waals surface area (Å²) in [5, 5.41) is 10.1. The molecular weight excluding hydrogens is 296 g/mol. The molecule has 2 aromatic rings. The molecule has 1 saturated heterocycles. The van der Waals surface area contributed by atoms with E-state index in [-0.39, 0.29) is 5.91 Å². The monoisotopic (exact) mass is 318 g/mol. The first-order chi connectivity index (χ1) is 10.7. The van der Waals surface area contributed by atoms with E-state index in [1.165, 1.54) is 15.4 Å². The molecule has 1 amide bonds. The van der Waals surface area contributed by atoms with E-state index in [9.17, 15) is 4.79 Å². The van der Waals surface area contributed by atoms with Crippen molar-refractivity contribution in [3.05, 3.63) is 39.8 Å². The van der Waals surface area contributed by atoms with Crippen molar-refractivity contribution < 1.29 is 4.79 Å². The third kappa shape index (κ3) is 3.96. The molecule has 3 rings (SSSR count). The highest BCUT2D eigenvalue weighted by Gasteiger charge is 2.23. The summed E-state index contributed by atoms with van der Waals surface area (Å²) in [6.45, 7) is 5.12. The van der Waals surface area contributed by atoms with Gasteiger partial charge in [0, 0.05) is 34.1 Å². The fourth-order valence-electron chi connectivity index (χ4n) is 2.97. The van der Waals surface area contributed by atoms with Crippen LogP contribution < -0.4 is 5.32 Å². The second-order valence-electron chi connectivity index (χ2n) is 5.88. The summed E-state index contributed by atoms with van der Waals surface area (Å²) in [5.41, 5.74) is 1.18. The van der Waals surface area contributed by atoms with Gasteiger partial charge < -0.3 is 5.32 Å². The van der Waals surface area contributed by atoms with Crippen LogP contribution in [0.3, 0.4) is 0 Å². The molecule has 1 atom stereocenters. The predicted molar refractivity (Wildman–Crippen MR) is 87.9 cm³/mol. The number of likely N-dealkylation sites (tertiary alicyclic amines) is 1. The van der Waals surface area contributed by atoms with Crippen LogP contribution in [-0.2, 0) is 11.3 Å². The number of aromatic amines is 1. The van der Waals surface area contributed by atoms with Crippen molar-refractivity contribution in [3.8, 4) is 0 Å². The van der Waals surface area contributed by atoms with E-state index < -0.39 is 0 Å². The van der Waals surface area contributed by atoms with Gasteiger partial charge in [-0.25, -0.2) is 0 Å². The summed E-state index contributed by atoms with van der Waals surface area (Å²) in [4.78, 5) is 16.8. The first-order valence-electron chi connectivity index (χ1n) is 7.74. The van der Waals surface area contributed by atoms with Gasteiger partial charge in [0.2, 0.25) is 5.91 Å². The number of rotatable bonds is 5. The number of carbonyl (C=O) groups is 1. The number of thiophene rings is 1. The Balaban J connectivity index is 1.46. The predicted octanol–water partition coefficient (Wildman–Crippen LogP) is 2.28. The van der Waals surface area contributed by atoms with Crippen molar-refractivity contribution in [2.45, 2.75) is 32.2 Å². The summed E-state index contributed by atoms with van der Waals surface area (Å²) in [5.74, 6) is 0.570. The van der Waals surface area contributed by atoms with Crippen LogP contribution in [-0.4, -0.2) is 40.6 Å². The second-order valence-corrected chi connectivity index (χ2v) is 7.25. The van der Waals surface area contributed by atoms with E-state index in [0.29, 0.717) is 19.0 Å². The van der Waals surface area contributed by atoms with Gasteiger partial charge in [0.1, 0.15) is 0 Å². The molecule has 22 heavy (non-hydrogen) atoms. The molecule has 5 nitrogen and oxygen atoms in total. The second kappa shape index (κ2) is 7.07. The Morgan fingerprint density at radius 2 is 2.41 bits per heavy atom. The zero-order valence-corrected chi connectivity index (χ0v) is 13.7. The van der Waals surface area contributed by atoms with Gasteiger partial charge in [-0.15, -0.1) is 11.3 Å². The number of carbonyl (C=O) groups excluding carboxylic acids is 1. The normalized spacial score (nSPS) is 19.2. The minimum atomic E-state index is 0.108. The van der Waals surface area contributed by atoms with Crippen LogP contribution in [0.5, 0.6) is 0 Å². The van der Waals surface area contributed by atoms with Gasteiger partial charge in [-0.05, 0) is 44.5 Å². The van der Waals surface area contributed by atoms with E-state index >= 15 is 0 Å². The Hall–Kier alpha value is -1.66. The molecule has 2 N–H and O–H groups in total. The Morgan fingerprint density at radius 3 is 3.14 bits per heavy atom. The molecule has 1 aliphatic heterocycles. The Kier molecular flexibility index (Phi) is 4.90. The zero-order chi connectivity index (χ0) is 15.4. The number of hydrogen-bond acceptors (Lipinski definition) is 4. The van der Waals surface area contributed by atoms with Crippen LogP contribution in [0.1, 0.15) is 34.2 Å². The molecule has 0 aliphatic carbocycles. The molecule has 0 saturated carbocycles. The van der Waals surface area contributed by atoms with Gasteiger partial charge >= 0.3 is 0 Å². The van der Waals surface area contributed by atoms with Gasteiger partial charge in [-0.1, -0.05) is 0 Å². The lowest BCUT2D eigenvalue weighted by atomic mass is 9.95. The lowest BCUT2D eigenvalue weighted by Gasteiger charge is -2.31. The highest BCUT2D eigenvalue weighted by molar-refractivity contribution is 7.11. The average molecular weight is 318 g/mol. The summed E-state index contributed by atoms with van der Waals surface area (Å²) < 4.78 is 0. The number of nitrogens with zero attached hydrogens (tertiary/aromatic N) is 2. The van der Waals surface area contributed by atoms with Crippen LogP contribution in [0, 0.1) is 6.92 Å². The van der Waals surface area contributed by atoms with E-state index in [2.05, 4.69) is 39.5 Å². The molecule has 0 unspecified atom stereocenters. The van der Waals surface area contributed by atoms with Gasteiger partial charge in [0.25, 0.3) is 0 Å². The van der Waals surface area contributed by atoms with Gasteiger partial charge in [0.15, 0.2) is 0 Å². The Bertz CT molecular complexity index is 607. The largest absolute Gasteiger partial charge is 0.350 e. The number of H-pyrrole nitrogens is 1. The number of nitrogens with one attached hydrogen (secondary N) is 2. The maximum atomic E-state index is 12.1. The maximum absolute atomic E-state index is 12.1. The van der Waals surface area contributed by atoms with Crippen LogP contribution in [0.15, 0.2) is 24.4 Å². The number of aromatic nitrogens is 2. The van der Waals surface area contributed by atoms with E-state index in [4.69, 9.17) is 0 Å². The standard InChI is InChI=1S/C16H22N4OS/c1-12-4-5-14(22-12)9-17-16(21)11-20-8-2-3-13(10-20)15-6-7-18-19-15/h4-7,13H,2-3,8-11H2,1H3,(H,17,21)(H,18,19)/t13-/m0/s1. The van der Waals surface area contributed by atoms with Crippen molar-refractivity contribution in [1.29, 1.82) is 0 Å². The van der Waals surface area contributed by atoms with Gasteiger partial charge in [-0.3, -0.25) is 14.8 Å². The third-order valence-electron chi connectivity index (χ3n) is 4.09. The smallest absolute Gasteiger partial charge is 0.234 e. The van der Waals surface area contributed by atoms with Crippen molar-refractivity contribution in [3.63, 3.8) is 0 Å². The van der Waals surface area contributed by atoms with Crippen molar-refractivity contribution in [2.24, 2.45) is 0 Å². The SMILES string of the molecule is Cc1ccc(CNC(=O)CN2CCC[C@H](c3ccn[nH]3)C2)s1. The number of hydrogen-bond donors (Lipinski definition) is 2. The molecule has 2 aromatic heterocycles. The molecule has 0 bridgehead atoms. The summed E-state index contributed by atoms with van der Waals surface area (Å²) in [6, 6.07) is 6.20. The first-order valence-corrected chi connectivity index (χ1v) is 8.56. The Morgan fingerprint density at radius 1 is 1.50 bits per heavy atom. The highest BCUT2D eigenvalue weighted by atomic mass is 32.1. The van der Waals surface area contributed by atoms with Crippen LogP contribution in [0.25, 0.3) is 0 Å². The van der Waals surface area contributed by atoms with Crippen LogP contribution >= 0.6 is 11.3 Å². The van der Waals surface area contributed by atoms with Gasteiger partial charge in [-0.2, -0.15) is 5.10 Å². The topological polar surface area (TPSA) is 61.0 Å². The summed E-state index contributed by atoms with van der Waals surface area (Å²) >= 11 is 1.74. The lowest BCUT2D eigenvalue weighted by molar-refractivity contribution is -0.122. The van der Waals surface area contributed by atoms with E-state index in [1.54, 1.807) is 17.5 Å². The van der Waals surface area contributed by atoms with E-state index in [0.717, 1.165) is 25.9 Å². The van der Waals surface area contributed by atoms with Crippen LogP contribution in [0.4, 0.5) is 0 Å². The quantitative estimate of drug-likeness (QED) is 0.889. The molecule has 0 radical (unpaired) electrons. The fourth-order valence-corrected chi connectivity index (χ4v) is 3.80. The summed E-state index contributed by atoms with van der Waals surface area (Å²) in [6.07, 6.45) is 4.08. The molecule has 1 aliphatic rings. The number of amides is 1. The minimum Gasteiger partial charge on any atom is -0.350 e. The minimum absolute atomic E-state index is 0.108. The van der Waals surface area contributed by atoms with Gasteiger partial charge in [0.05, 0.1) is 13.1 Å². The molecular formula is C16H22N4OS. The zero-order valence-electron chi connectivity index (χ0n) is 12.8. The number of piperidine rings is 1. The molecule has 118 valence electrons. The van der Waals surface area contributed by atoms with Crippen molar-refractivity contribution in [1.82, 2.24) is 20.4 Å². The maximum Gasteiger partial charge on any atom is 0.234 e. The van der Waals surface area contributed by atoms with Crippen LogP contribution in [0.2, 0.25) is 0 Å². The van der Waals surface area contributed by atoms with E-state index in [1.807, 2.05) is 6.07 Å². The van der Waals surface area contributed by atoms with Crippen molar-refractivity contribution in [2.75, 3.05) is 19.6 Å². The highest BCUT2D eigenvalue weighted by Crippen LogP contribution is 2.24. The molecule has 0 spiro atoms. The molecule has 6 heteroatoms. The first kappa shape index (κ1) is 15.2. The molecule has 0 aromatic carbocycles. The van der Waals surface area contributed by atoms with Crippen molar-refractivity contribution >= 4 is 17.2 Å².